The summed E-state index contributed by atoms with van der Waals surface area (Å²) in [6.07, 6.45) is 9.93. The van der Waals surface area contributed by atoms with Crippen molar-refractivity contribution >= 4 is 12.6 Å². The van der Waals surface area contributed by atoms with Crippen molar-refractivity contribution < 1.29 is 0 Å². The molecule has 0 saturated heterocycles. The van der Waals surface area contributed by atoms with Crippen molar-refractivity contribution in [3.8, 4) is 0 Å². The van der Waals surface area contributed by atoms with Crippen LogP contribution in [0, 0.1) is 0 Å². The summed E-state index contributed by atoms with van der Waals surface area (Å²) in [7, 11) is 0. The summed E-state index contributed by atoms with van der Waals surface area (Å²) in [4.78, 5) is 3.93. The fourth-order valence-electron chi connectivity index (χ4n) is 1.57. The van der Waals surface area contributed by atoms with Gasteiger partial charge in [-0.15, -0.1) is 12.6 Å². The summed E-state index contributed by atoms with van der Waals surface area (Å²) >= 11 is 4.65. The van der Waals surface area contributed by atoms with E-state index in [9.17, 15) is 0 Å². The van der Waals surface area contributed by atoms with Crippen LogP contribution < -0.4 is 0 Å². The van der Waals surface area contributed by atoms with Crippen molar-refractivity contribution in [2.45, 2.75) is 5.12 Å². The number of hydrogen-bond acceptors (Lipinski definition) is 5. The third-order valence-corrected chi connectivity index (χ3v) is 2.96. The molecule has 8 heteroatoms. The van der Waals surface area contributed by atoms with E-state index in [1.165, 1.54) is 6.33 Å². The monoisotopic (exact) mass is 247 g/mol. The molecular formula is C9H9N7S. The van der Waals surface area contributed by atoms with Gasteiger partial charge in [0.15, 0.2) is 0 Å². The molecule has 86 valence electrons. The molecule has 0 saturated carbocycles. The summed E-state index contributed by atoms with van der Waals surface area (Å²) in [6.45, 7) is 0. The molecule has 3 heterocycles. The smallest absolute Gasteiger partial charge is 0.223 e. The van der Waals surface area contributed by atoms with Crippen molar-refractivity contribution in [2.75, 3.05) is 0 Å². The van der Waals surface area contributed by atoms with Crippen molar-refractivity contribution in [3.05, 3.63) is 49.6 Å². The summed E-state index contributed by atoms with van der Waals surface area (Å²) in [6, 6.07) is 3.62. The van der Waals surface area contributed by atoms with Gasteiger partial charge in [0, 0.05) is 24.8 Å². The lowest BCUT2D eigenvalue weighted by atomic mass is 10.7. The standard InChI is InChI=1S/C9H9N7S/c17-9(14-5-1-3-11-14,15-6-2-4-12-15)16-8-10-7-13-16/h1-8,17H. The molecule has 0 bridgehead atoms. The second-order valence-electron chi connectivity index (χ2n) is 3.34. The first-order chi connectivity index (χ1) is 8.32. The fourth-order valence-corrected chi connectivity index (χ4v) is 1.91. The maximum atomic E-state index is 4.65. The van der Waals surface area contributed by atoms with E-state index in [4.69, 9.17) is 0 Å². The Balaban J connectivity index is 2.21. The Morgan fingerprint density at radius 2 is 1.53 bits per heavy atom. The Bertz CT molecular complexity index is 485. The summed E-state index contributed by atoms with van der Waals surface area (Å²) in [5.74, 6) is 0. The molecular weight excluding hydrogens is 238 g/mol. The predicted molar refractivity (Wildman–Crippen MR) is 62.2 cm³/mol. The van der Waals surface area contributed by atoms with Crippen LogP contribution >= 0.6 is 12.6 Å². The Kier molecular flexibility index (Phi) is 2.22. The fraction of sp³-hybridized carbons (Fsp3) is 0.111. The molecule has 0 aliphatic rings. The average Bonchev–Trinajstić information content (AvgIpc) is 3.10. The van der Waals surface area contributed by atoms with Crippen molar-refractivity contribution in [1.82, 2.24) is 34.3 Å². The van der Waals surface area contributed by atoms with Crippen LogP contribution in [0.4, 0.5) is 0 Å². The lowest BCUT2D eigenvalue weighted by Gasteiger charge is -2.28. The highest BCUT2D eigenvalue weighted by molar-refractivity contribution is 7.81. The third-order valence-electron chi connectivity index (χ3n) is 2.35. The maximum absolute atomic E-state index is 4.65. The van der Waals surface area contributed by atoms with Gasteiger partial charge >= 0.3 is 0 Å². The zero-order valence-electron chi connectivity index (χ0n) is 8.70. The third kappa shape index (κ3) is 1.45. The van der Waals surface area contributed by atoms with E-state index >= 15 is 0 Å². The van der Waals surface area contributed by atoms with Gasteiger partial charge in [-0.2, -0.15) is 20.0 Å². The van der Waals surface area contributed by atoms with E-state index in [2.05, 4.69) is 32.9 Å². The molecule has 0 atom stereocenters. The Labute approximate surface area is 102 Å². The van der Waals surface area contributed by atoms with Gasteiger partial charge in [-0.25, -0.2) is 14.3 Å². The normalized spacial score (nSPS) is 11.8. The van der Waals surface area contributed by atoms with E-state index in [1.54, 1.807) is 45.2 Å². The van der Waals surface area contributed by atoms with Crippen LogP contribution in [0.25, 0.3) is 0 Å². The van der Waals surface area contributed by atoms with Crippen molar-refractivity contribution in [2.24, 2.45) is 0 Å². The summed E-state index contributed by atoms with van der Waals surface area (Å²) in [5, 5.41) is 11.5. The van der Waals surface area contributed by atoms with Gasteiger partial charge < -0.3 is 0 Å². The number of nitrogens with zero attached hydrogens (tertiary/aromatic N) is 7. The van der Waals surface area contributed by atoms with Crippen molar-refractivity contribution in [1.29, 1.82) is 0 Å². The second kappa shape index (κ2) is 3.74. The minimum Gasteiger partial charge on any atom is -0.223 e. The van der Waals surface area contributed by atoms with E-state index in [0.29, 0.717) is 0 Å². The molecule has 0 radical (unpaired) electrons. The summed E-state index contributed by atoms with van der Waals surface area (Å²) < 4.78 is 4.84. The van der Waals surface area contributed by atoms with Crippen molar-refractivity contribution in [3.63, 3.8) is 0 Å². The highest BCUT2D eigenvalue weighted by atomic mass is 32.1. The average molecular weight is 247 g/mol. The minimum atomic E-state index is -0.983. The summed E-state index contributed by atoms with van der Waals surface area (Å²) in [5.41, 5.74) is 0. The van der Waals surface area contributed by atoms with E-state index in [0.717, 1.165) is 0 Å². The van der Waals surface area contributed by atoms with Gasteiger partial charge in [0.1, 0.15) is 12.7 Å². The molecule has 0 aromatic carbocycles. The van der Waals surface area contributed by atoms with Crippen LogP contribution in [0.15, 0.2) is 49.6 Å². The van der Waals surface area contributed by atoms with Gasteiger partial charge in [-0.1, -0.05) is 0 Å². The Morgan fingerprint density at radius 1 is 0.882 bits per heavy atom. The lowest BCUT2D eigenvalue weighted by molar-refractivity contribution is 0.239. The first kappa shape index (κ1) is 10.1. The molecule has 0 fully saturated rings. The number of rotatable bonds is 3. The first-order valence-electron chi connectivity index (χ1n) is 4.89. The van der Waals surface area contributed by atoms with E-state index in [-0.39, 0.29) is 0 Å². The topological polar surface area (TPSA) is 66.3 Å². The first-order valence-corrected chi connectivity index (χ1v) is 5.34. The minimum absolute atomic E-state index is 0.983. The van der Waals surface area contributed by atoms with Crippen LogP contribution in [0.3, 0.4) is 0 Å². The van der Waals surface area contributed by atoms with Crippen LogP contribution in [0.5, 0.6) is 0 Å². The van der Waals surface area contributed by atoms with Gasteiger partial charge in [0.2, 0.25) is 0 Å². The Morgan fingerprint density at radius 3 is 1.94 bits per heavy atom. The van der Waals surface area contributed by atoms with Crippen LogP contribution in [-0.2, 0) is 5.12 Å². The molecule has 0 aliphatic heterocycles. The highest BCUT2D eigenvalue weighted by Crippen LogP contribution is 2.23. The number of aromatic nitrogens is 7. The molecule has 7 nitrogen and oxygen atoms in total. The highest BCUT2D eigenvalue weighted by Gasteiger charge is 2.34. The van der Waals surface area contributed by atoms with Crippen LogP contribution in [-0.4, -0.2) is 34.3 Å². The van der Waals surface area contributed by atoms with Gasteiger partial charge in [0.05, 0.1) is 0 Å². The number of thiol groups is 1. The lowest BCUT2D eigenvalue weighted by Crippen LogP contribution is -2.44. The van der Waals surface area contributed by atoms with E-state index < -0.39 is 5.12 Å². The molecule has 0 N–H and O–H groups in total. The molecule has 0 unspecified atom stereocenters. The Hall–Kier alpha value is -2.09. The SMILES string of the molecule is SC(n1cccn1)(n1cccn1)n1cncn1. The largest absolute Gasteiger partial charge is 0.298 e. The predicted octanol–water partition coefficient (Wildman–Crippen LogP) is 0.265. The van der Waals surface area contributed by atoms with Gasteiger partial charge in [-0.3, -0.25) is 0 Å². The zero-order chi connectivity index (χ0) is 11.7. The van der Waals surface area contributed by atoms with Crippen LogP contribution in [0.1, 0.15) is 0 Å². The molecule has 3 aromatic heterocycles. The quantitative estimate of drug-likeness (QED) is 0.674. The molecule has 17 heavy (non-hydrogen) atoms. The van der Waals surface area contributed by atoms with Gasteiger partial charge in [-0.05, 0) is 12.1 Å². The molecule has 3 rings (SSSR count). The van der Waals surface area contributed by atoms with E-state index in [1.807, 2.05) is 12.1 Å². The molecule has 0 amide bonds. The van der Waals surface area contributed by atoms with Gasteiger partial charge in [0.25, 0.3) is 5.12 Å². The number of hydrogen-bond donors (Lipinski definition) is 1. The second-order valence-corrected chi connectivity index (χ2v) is 3.94. The maximum Gasteiger partial charge on any atom is 0.298 e. The van der Waals surface area contributed by atoms with Crippen LogP contribution in [0.2, 0.25) is 0 Å². The molecule has 0 spiro atoms. The molecule has 0 aliphatic carbocycles. The molecule has 3 aromatic rings. The zero-order valence-corrected chi connectivity index (χ0v) is 9.59.